The number of halogens is 1. The zero-order chi connectivity index (χ0) is 22.4. The zero-order valence-electron chi connectivity index (χ0n) is 20.3. The summed E-state index contributed by atoms with van der Waals surface area (Å²) in [5, 5.41) is 1.03. The molecule has 32 heavy (non-hydrogen) atoms. The van der Waals surface area contributed by atoms with Crippen molar-refractivity contribution in [3.05, 3.63) is 58.7 Å². The van der Waals surface area contributed by atoms with Gasteiger partial charge < -0.3 is 30.3 Å². The van der Waals surface area contributed by atoms with Gasteiger partial charge in [0.2, 0.25) is 6.34 Å². The molecule has 0 amide bonds. The lowest BCUT2D eigenvalue weighted by atomic mass is 10.0. The molecular weight excluding hydrogens is 484 g/mol. The van der Waals surface area contributed by atoms with Crippen LogP contribution >= 0.6 is 0 Å². The summed E-state index contributed by atoms with van der Waals surface area (Å²) in [7, 11) is -2.84. The molecule has 2 aromatic rings. The van der Waals surface area contributed by atoms with E-state index in [1.165, 1.54) is 27.9 Å². The Balaban J connectivity index is 0.00000363. The molecule has 7 heteroatoms. The summed E-state index contributed by atoms with van der Waals surface area (Å²) in [6, 6.07) is 13.1. The molecule has 0 atom stereocenters. The van der Waals surface area contributed by atoms with Gasteiger partial charge in [0.1, 0.15) is 25.3 Å². The maximum Gasteiger partial charge on any atom is 0.537 e. The van der Waals surface area contributed by atoms with Crippen LogP contribution in [0, 0.1) is 20.8 Å². The lowest BCUT2D eigenvalue weighted by Gasteiger charge is -2.28. The van der Waals surface area contributed by atoms with E-state index in [2.05, 4.69) is 73.0 Å². The van der Waals surface area contributed by atoms with E-state index in [0.29, 0.717) is 19.8 Å². The Labute approximate surface area is 205 Å². The van der Waals surface area contributed by atoms with Crippen molar-refractivity contribution < 1.29 is 34.8 Å². The number of rotatable bonds is 10. The fourth-order valence-electron chi connectivity index (χ4n) is 4.46. The summed E-state index contributed by atoms with van der Waals surface area (Å²) in [5.74, 6) is 0. The van der Waals surface area contributed by atoms with Gasteiger partial charge >= 0.3 is 8.80 Å². The van der Waals surface area contributed by atoms with E-state index in [1.807, 2.05) is 20.8 Å². The molecule has 176 valence electrons. The summed E-state index contributed by atoms with van der Waals surface area (Å²) < 4.78 is 20.5. The van der Waals surface area contributed by atoms with Gasteiger partial charge in [0.25, 0.3) is 0 Å². The van der Waals surface area contributed by atoms with Crippen molar-refractivity contribution in [3.8, 4) is 0 Å². The van der Waals surface area contributed by atoms with Crippen LogP contribution in [0.15, 0.2) is 36.4 Å². The number of hydrogen-bond acceptors (Lipinski definition) is 4. The topological polar surface area (TPSA) is 33.9 Å². The summed E-state index contributed by atoms with van der Waals surface area (Å²) in [6.45, 7) is 17.2. The first-order valence-electron chi connectivity index (χ1n) is 11.4. The van der Waals surface area contributed by atoms with Crippen molar-refractivity contribution >= 4 is 26.0 Å². The highest BCUT2D eigenvalue weighted by Crippen LogP contribution is 2.26. The number of hydrogen-bond donors (Lipinski definition) is 0. The summed E-state index contributed by atoms with van der Waals surface area (Å²) >= 11 is 0. The van der Waals surface area contributed by atoms with E-state index in [9.17, 15) is 0 Å². The second-order valence-electron chi connectivity index (χ2n) is 8.08. The van der Waals surface area contributed by atoms with Crippen LogP contribution in [0.2, 0.25) is 0 Å². The average Bonchev–Trinajstić information content (AvgIpc) is 3.16. The second-order valence-corrected chi connectivity index (χ2v) is 10.6. The number of nitrogens with zero attached hydrogens (tertiary/aromatic N) is 2. The molecule has 0 aliphatic carbocycles. The molecular formula is C25H37BrN2O3Si. The molecule has 3 rings (SSSR count). The molecule has 0 aromatic heterocycles. The molecule has 0 fully saturated rings. The molecule has 1 heterocycles. The highest BCUT2D eigenvalue weighted by atomic mass is 79.9. The maximum atomic E-state index is 6.03. The van der Waals surface area contributed by atoms with Gasteiger partial charge in [0, 0.05) is 25.0 Å². The van der Waals surface area contributed by atoms with Gasteiger partial charge in [-0.15, -0.1) is 0 Å². The van der Waals surface area contributed by atoms with Crippen LogP contribution in [0.4, 0.5) is 5.69 Å². The molecule has 5 nitrogen and oxygen atoms in total. The fourth-order valence-corrected chi connectivity index (χ4v) is 6.92. The third-order valence-electron chi connectivity index (χ3n) is 5.55. The van der Waals surface area contributed by atoms with Gasteiger partial charge in [-0.25, -0.2) is 4.90 Å². The van der Waals surface area contributed by atoms with Crippen LogP contribution in [-0.2, 0) is 19.8 Å². The Kier molecular flexibility index (Phi) is 10.1. The fraction of sp³-hybridized carbons (Fsp3) is 0.480. The smallest absolute Gasteiger partial charge is 0.537 e. The predicted molar refractivity (Wildman–Crippen MR) is 130 cm³/mol. The first kappa shape index (κ1) is 26.7. The Morgan fingerprint density at radius 1 is 0.875 bits per heavy atom. The Morgan fingerprint density at radius 2 is 1.41 bits per heavy atom. The molecule has 1 aliphatic heterocycles. The first-order valence-corrected chi connectivity index (χ1v) is 13.1. The van der Waals surface area contributed by atoms with E-state index in [0.717, 1.165) is 24.8 Å². The molecule has 0 N–H and O–H groups in total. The first-order chi connectivity index (χ1) is 14.9. The number of benzene rings is 2. The molecule has 0 saturated heterocycles. The molecule has 0 bridgehead atoms. The van der Waals surface area contributed by atoms with Crippen molar-refractivity contribution in [1.82, 2.24) is 0 Å². The van der Waals surface area contributed by atoms with E-state index < -0.39 is 8.80 Å². The van der Waals surface area contributed by atoms with E-state index in [4.69, 9.17) is 13.3 Å². The minimum absolute atomic E-state index is 0. The molecule has 0 unspecified atom stereocenters. The van der Waals surface area contributed by atoms with Crippen LogP contribution in [0.3, 0.4) is 0 Å². The largest absolute Gasteiger partial charge is 1.00 e. The summed E-state index contributed by atoms with van der Waals surface area (Å²) in [5.41, 5.74) is 6.60. The van der Waals surface area contributed by atoms with Crippen LogP contribution in [0.1, 0.15) is 43.0 Å². The van der Waals surface area contributed by atoms with Crippen molar-refractivity contribution in [2.24, 2.45) is 0 Å². The molecule has 2 aromatic carbocycles. The number of anilines is 1. The standard InChI is InChI=1S/C25H37N2O3Si.BrH/c1-7-28-31(29-8-2,30-9-3)24-12-10-23(11-13-24)18-26-14-15-27(19-26)25-21(5)16-20(4)17-22(25)6;/h10-13,16-17,19H,7-9,14-15,18H2,1-6H3;1H/q+1;/p-1. The molecule has 0 spiro atoms. The van der Waals surface area contributed by atoms with Gasteiger partial charge in [0.05, 0.1) is 0 Å². The van der Waals surface area contributed by atoms with Crippen molar-refractivity contribution in [1.29, 1.82) is 0 Å². The van der Waals surface area contributed by atoms with E-state index >= 15 is 0 Å². The lowest BCUT2D eigenvalue weighted by Crippen LogP contribution is -3.00. The Bertz CT molecular complexity index is 878. The van der Waals surface area contributed by atoms with Crippen molar-refractivity contribution in [2.45, 2.75) is 48.1 Å². The minimum Gasteiger partial charge on any atom is -1.00 e. The average molecular weight is 522 g/mol. The highest BCUT2D eigenvalue weighted by molar-refractivity contribution is 6.75. The van der Waals surface area contributed by atoms with Crippen LogP contribution in [-0.4, -0.2) is 52.6 Å². The third kappa shape index (κ3) is 6.08. The van der Waals surface area contributed by atoms with E-state index in [1.54, 1.807) is 0 Å². The van der Waals surface area contributed by atoms with Gasteiger partial charge in [-0.1, -0.05) is 42.0 Å². The van der Waals surface area contributed by atoms with Gasteiger partial charge in [-0.05, 0) is 58.2 Å². The number of aryl methyl sites for hydroxylation is 3. The second kappa shape index (κ2) is 12.1. The summed E-state index contributed by atoms with van der Waals surface area (Å²) in [4.78, 5) is 2.38. The predicted octanol–water partition coefficient (Wildman–Crippen LogP) is 0.932. The van der Waals surface area contributed by atoms with Gasteiger partial charge in [-0.3, -0.25) is 4.58 Å². The Morgan fingerprint density at radius 3 is 1.91 bits per heavy atom. The maximum absolute atomic E-state index is 6.03. The van der Waals surface area contributed by atoms with Crippen LogP contribution in [0.25, 0.3) is 0 Å². The summed E-state index contributed by atoms with van der Waals surface area (Å²) in [6.07, 6.45) is 2.26. The quantitative estimate of drug-likeness (QED) is 0.344. The molecule has 1 aliphatic rings. The van der Waals surface area contributed by atoms with Crippen LogP contribution < -0.4 is 27.1 Å². The van der Waals surface area contributed by atoms with E-state index in [-0.39, 0.29) is 17.0 Å². The van der Waals surface area contributed by atoms with Crippen molar-refractivity contribution in [2.75, 3.05) is 37.8 Å². The van der Waals surface area contributed by atoms with Crippen molar-refractivity contribution in [3.63, 3.8) is 0 Å². The van der Waals surface area contributed by atoms with Gasteiger partial charge in [-0.2, -0.15) is 0 Å². The van der Waals surface area contributed by atoms with Gasteiger partial charge in [0.15, 0.2) is 0 Å². The third-order valence-corrected chi connectivity index (χ3v) is 8.60. The highest BCUT2D eigenvalue weighted by Gasteiger charge is 2.43. The minimum atomic E-state index is -2.84. The molecule has 0 radical (unpaired) electrons. The molecule has 0 saturated carbocycles. The Hall–Kier alpha value is -1.51. The zero-order valence-corrected chi connectivity index (χ0v) is 22.9. The SMILES string of the molecule is CCO[Si](OCC)(OCC)c1ccc(C[N+]2=CN(c3c(C)cc(C)cc3C)CC2)cc1.[Br-]. The normalized spacial score (nSPS) is 13.8. The van der Waals surface area contributed by atoms with Crippen LogP contribution in [0.5, 0.6) is 0 Å². The monoisotopic (exact) mass is 520 g/mol. The lowest BCUT2D eigenvalue weighted by molar-refractivity contribution is -0.530.